The lowest BCUT2D eigenvalue weighted by molar-refractivity contribution is -0.127. The summed E-state index contributed by atoms with van der Waals surface area (Å²) < 4.78 is 26.1. The molecule has 0 fully saturated rings. The van der Waals surface area contributed by atoms with Gasteiger partial charge in [-0.1, -0.05) is 17.7 Å². The van der Waals surface area contributed by atoms with Crippen molar-refractivity contribution in [1.82, 2.24) is 4.72 Å². The van der Waals surface area contributed by atoms with Crippen molar-refractivity contribution in [2.75, 3.05) is 0 Å². The Hall–Kier alpha value is -1.24. The van der Waals surface area contributed by atoms with Crippen LogP contribution in [0.3, 0.4) is 0 Å². The van der Waals surface area contributed by atoms with Gasteiger partial charge in [0.05, 0.1) is 10.9 Å². The van der Waals surface area contributed by atoms with Crippen LogP contribution < -0.4 is 4.72 Å². The molecule has 1 aromatic carbocycles. The largest absolute Gasteiger partial charge is 0.386 e. The zero-order valence-electron chi connectivity index (χ0n) is 10.5. The van der Waals surface area contributed by atoms with Gasteiger partial charge in [0.1, 0.15) is 6.10 Å². The molecule has 0 spiro atoms. The highest BCUT2D eigenvalue weighted by Gasteiger charge is 2.24. The molecule has 0 aliphatic heterocycles. The number of aliphatic hydroxyl groups is 1. The summed E-state index contributed by atoms with van der Waals surface area (Å²) in [7, 11) is -3.74. The quantitative estimate of drug-likeness (QED) is 0.822. The number of carbonyl (C=O) groups is 1. The molecule has 0 bridgehead atoms. The average Bonchev–Trinajstić information content (AvgIpc) is 2.27. The number of hydrogen-bond donors (Lipinski definition) is 2. The van der Waals surface area contributed by atoms with Gasteiger partial charge in [-0.25, -0.2) is 13.1 Å². The summed E-state index contributed by atoms with van der Waals surface area (Å²) in [5.41, 5.74) is 0.946. The van der Waals surface area contributed by atoms with E-state index >= 15 is 0 Å². The van der Waals surface area contributed by atoms with E-state index in [1.807, 2.05) is 6.92 Å². The minimum absolute atomic E-state index is 0.0957. The molecule has 0 aliphatic rings. The second-order valence-electron chi connectivity index (χ2n) is 4.23. The molecular formula is C12H17NO4S. The van der Waals surface area contributed by atoms with Gasteiger partial charge in [-0.3, -0.25) is 4.79 Å². The first kappa shape index (κ1) is 14.8. The lowest BCUT2D eigenvalue weighted by Gasteiger charge is -2.14. The smallest absolute Gasteiger partial charge is 0.241 e. The van der Waals surface area contributed by atoms with Gasteiger partial charge in [-0.2, -0.15) is 0 Å². The van der Waals surface area contributed by atoms with Crippen molar-refractivity contribution in [3.8, 4) is 0 Å². The number of ketones is 1. The summed E-state index contributed by atoms with van der Waals surface area (Å²) in [6, 6.07) is 5.33. The van der Waals surface area contributed by atoms with Gasteiger partial charge in [-0.15, -0.1) is 0 Å². The zero-order valence-corrected chi connectivity index (χ0v) is 11.4. The van der Waals surface area contributed by atoms with Gasteiger partial charge in [-0.05, 0) is 32.9 Å². The first-order valence-corrected chi connectivity index (χ1v) is 7.03. The second kappa shape index (κ2) is 5.60. The third kappa shape index (κ3) is 3.63. The Labute approximate surface area is 107 Å². The van der Waals surface area contributed by atoms with Crippen LogP contribution in [0.25, 0.3) is 0 Å². The molecule has 0 heterocycles. The molecule has 1 rings (SSSR count). The van der Waals surface area contributed by atoms with E-state index in [0.29, 0.717) is 0 Å². The third-order valence-electron chi connectivity index (χ3n) is 2.50. The predicted octanol–water partition coefficient (Wildman–Crippen LogP) is 0.612. The van der Waals surface area contributed by atoms with Gasteiger partial charge in [0.15, 0.2) is 5.78 Å². The van der Waals surface area contributed by atoms with E-state index in [1.54, 1.807) is 12.1 Å². The molecule has 0 amide bonds. The molecule has 0 saturated heterocycles. The standard InChI is InChI=1S/C12H17NO4S/c1-8-4-6-11(7-5-8)18(16,17)13-9(2)12(15)10(3)14/h4-7,9-10,13-14H,1-3H3/t9-,10?/m1/s1. The molecule has 100 valence electrons. The van der Waals surface area contributed by atoms with E-state index in [-0.39, 0.29) is 4.90 Å². The van der Waals surface area contributed by atoms with Crippen molar-refractivity contribution in [2.45, 2.75) is 37.8 Å². The van der Waals surface area contributed by atoms with Gasteiger partial charge in [0, 0.05) is 0 Å². The highest BCUT2D eigenvalue weighted by molar-refractivity contribution is 7.89. The topological polar surface area (TPSA) is 83.5 Å². The fourth-order valence-corrected chi connectivity index (χ4v) is 2.65. The summed E-state index contributed by atoms with van der Waals surface area (Å²) >= 11 is 0. The van der Waals surface area contributed by atoms with E-state index < -0.39 is 28.0 Å². The minimum atomic E-state index is -3.74. The first-order chi connectivity index (χ1) is 8.24. The number of hydrogen-bond acceptors (Lipinski definition) is 4. The Kier molecular flexibility index (Phi) is 4.61. The van der Waals surface area contributed by atoms with Gasteiger partial charge < -0.3 is 5.11 Å². The summed E-state index contributed by atoms with van der Waals surface area (Å²) in [5.74, 6) is -0.564. The van der Waals surface area contributed by atoms with Crippen molar-refractivity contribution in [3.05, 3.63) is 29.8 Å². The lowest BCUT2D eigenvalue weighted by atomic mass is 10.1. The van der Waals surface area contributed by atoms with E-state index in [1.165, 1.54) is 26.0 Å². The highest BCUT2D eigenvalue weighted by atomic mass is 32.2. The van der Waals surface area contributed by atoms with Crippen LogP contribution in [0.4, 0.5) is 0 Å². The Morgan fingerprint density at radius 3 is 2.17 bits per heavy atom. The number of nitrogens with one attached hydrogen (secondary N) is 1. The summed E-state index contributed by atoms with van der Waals surface area (Å²) in [4.78, 5) is 11.5. The number of rotatable bonds is 5. The van der Waals surface area contributed by atoms with Gasteiger partial charge in [0.2, 0.25) is 10.0 Å². The zero-order chi connectivity index (χ0) is 13.9. The maximum Gasteiger partial charge on any atom is 0.241 e. The number of aryl methyl sites for hydroxylation is 1. The van der Waals surface area contributed by atoms with Crippen LogP contribution in [0.15, 0.2) is 29.2 Å². The molecule has 2 atom stereocenters. The van der Waals surface area contributed by atoms with Crippen LogP contribution in [0.5, 0.6) is 0 Å². The average molecular weight is 271 g/mol. The molecule has 0 aliphatic carbocycles. The maximum atomic E-state index is 11.9. The van der Waals surface area contributed by atoms with Crippen molar-refractivity contribution < 1.29 is 18.3 Å². The first-order valence-electron chi connectivity index (χ1n) is 5.55. The number of sulfonamides is 1. The second-order valence-corrected chi connectivity index (χ2v) is 5.95. The Morgan fingerprint density at radius 1 is 1.22 bits per heavy atom. The van der Waals surface area contributed by atoms with E-state index in [0.717, 1.165) is 5.56 Å². The minimum Gasteiger partial charge on any atom is -0.386 e. The summed E-state index contributed by atoms with van der Waals surface area (Å²) in [6.45, 7) is 4.56. The van der Waals surface area contributed by atoms with Gasteiger partial charge in [0.25, 0.3) is 0 Å². The molecule has 0 saturated carbocycles. The van der Waals surface area contributed by atoms with E-state index in [9.17, 15) is 13.2 Å². The molecule has 18 heavy (non-hydrogen) atoms. The van der Waals surface area contributed by atoms with Crippen LogP contribution >= 0.6 is 0 Å². The van der Waals surface area contributed by atoms with Crippen LogP contribution in [-0.2, 0) is 14.8 Å². The van der Waals surface area contributed by atoms with Gasteiger partial charge >= 0.3 is 0 Å². The van der Waals surface area contributed by atoms with E-state index in [2.05, 4.69) is 4.72 Å². The van der Waals surface area contributed by atoms with E-state index in [4.69, 9.17) is 5.11 Å². The molecule has 1 aromatic rings. The van der Waals surface area contributed by atoms with Crippen molar-refractivity contribution >= 4 is 15.8 Å². The fraction of sp³-hybridized carbons (Fsp3) is 0.417. The normalized spacial score (nSPS) is 15.1. The predicted molar refractivity (Wildman–Crippen MR) is 67.7 cm³/mol. The van der Waals surface area contributed by atoms with Crippen molar-refractivity contribution in [1.29, 1.82) is 0 Å². The number of Topliss-reactive ketones (excluding diaryl/α,β-unsaturated/α-hetero) is 1. The molecular weight excluding hydrogens is 254 g/mol. The SMILES string of the molecule is Cc1ccc(S(=O)(=O)N[C@H](C)C(=O)C(C)O)cc1. The monoisotopic (exact) mass is 271 g/mol. The Morgan fingerprint density at radius 2 is 1.72 bits per heavy atom. The van der Waals surface area contributed by atoms with Crippen LogP contribution in [0.1, 0.15) is 19.4 Å². The van der Waals surface area contributed by atoms with Crippen LogP contribution in [-0.4, -0.2) is 31.5 Å². The molecule has 0 aromatic heterocycles. The fourth-order valence-electron chi connectivity index (χ4n) is 1.44. The van der Waals surface area contributed by atoms with Crippen LogP contribution in [0.2, 0.25) is 0 Å². The Balaban J connectivity index is 2.89. The molecule has 0 radical (unpaired) electrons. The maximum absolute atomic E-state index is 11.9. The number of carbonyl (C=O) groups excluding carboxylic acids is 1. The summed E-state index contributed by atoms with van der Waals surface area (Å²) in [5, 5.41) is 9.11. The van der Waals surface area contributed by atoms with Crippen molar-refractivity contribution in [3.63, 3.8) is 0 Å². The molecule has 1 unspecified atom stereocenters. The highest BCUT2D eigenvalue weighted by Crippen LogP contribution is 2.10. The lowest BCUT2D eigenvalue weighted by Crippen LogP contribution is -2.42. The number of benzene rings is 1. The van der Waals surface area contributed by atoms with Crippen LogP contribution in [0, 0.1) is 6.92 Å². The number of aliphatic hydroxyl groups excluding tert-OH is 1. The van der Waals surface area contributed by atoms with Crippen molar-refractivity contribution in [2.24, 2.45) is 0 Å². The Bertz CT molecular complexity index is 520. The molecule has 5 nitrogen and oxygen atoms in total. The third-order valence-corrected chi connectivity index (χ3v) is 4.06. The molecule has 2 N–H and O–H groups in total. The molecule has 6 heteroatoms. The summed E-state index contributed by atoms with van der Waals surface area (Å²) in [6.07, 6.45) is -1.19.